The number of amides is 1. The third-order valence-electron chi connectivity index (χ3n) is 3.31. The highest BCUT2D eigenvalue weighted by Crippen LogP contribution is 2.29. The summed E-state index contributed by atoms with van der Waals surface area (Å²) < 4.78 is 24.8. The zero-order valence-electron chi connectivity index (χ0n) is 9.29. The number of carbonyl (C=O) groups excluding carboxylic acids is 1. The van der Waals surface area contributed by atoms with E-state index in [4.69, 9.17) is 0 Å². The number of piperidine rings is 1. The van der Waals surface area contributed by atoms with Crippen LogP contribution in [0, 0.1) is 5.92 Å². The van der Waals surface area contributed by atoms with E-state index in [1.165, 1.54) is 4.90 Å². The van der Waals surface area contributed by atoms with Gasteiger partial charge in [-0.05, 0) is 44.7 Å². The van der Waals surface area contributed by atoms with Crippen molar-refractivity contribution < 1.29 is 13.6 Å². The molecule has 2 aliphatic rings. The number of alkyl halides is 2. The lowest BCUT2D eigenvalue weighted by Crippen LogP contribution is -2.44. The first-order chi connectivity index (χ1) is 7.68. The fraction of sp³-hybridized carbons (Fsp3) is 0.909. The van der Waals surface area contributed by atoms with Gasteiger partial charge in [-0.3, -0.25) is 4.79 Å². The van der Waals surface area contributed by atoms with Crippen molar-refractivity contribution in [1.82, 2.24) is 10.2 Å². The van der Waals surface area contributed by atoms with E-state index in [0.29, 0.717) is 12.5 Å². The predicted molar refractivity (Wildman–Crippen MR) is 56.3 cm³/mol. The summed E-state index contributed by atoms with van der Waals surface area (Å²) in [6, 6.07) is 0.0865. The normalized spacial score (nSPS) is 25.8. The molecular weight excluding hydrogens is 214 g/mol. The second kappa shape index (κ2) is 5.08. The molecule has 0 aromatic carbocycles. The molecule has 0 spiro atoms. The van der Waals surface area contributed by atoms with Crippen molar-refractivity contribution in [2.24, 2.45) is 5.92 Å². The summed E-state index contributed by atoms with van der Waals surface area (Å²) in [5, 5.41) is 3.24. The molecule has 2 fully saturated rings. The lowest BCUT2D eigenvalue weighted by atomic mass is 9.99. The van der Waals surface area contributed by atoms with E-state index in [2.05, 4.69) is 5.32 Å². The molecule has 16 heavy (non-hydrogen) atoms. The molecular formula is C11H18F2N2O. The summed E-state index contributed by atoms with van der Waals surface area (Å²) in [6.45, 7) is 2.35. The molecule has 1 unspecified atom stereocenters. The van der Waals surface area contributed by atoms with Gasteiger partial charge in [0.05, 0.1) is 0 Å². The Hall–Kier alpha value is -0.710. The smallest absolute Gasteiger partial charge is 0.315 e. The third kappa shape index (κ3) is 2.90. The van der Waals surface area contributed by atoms with E-state index in [1.807, 2.05) is 0 Å². The Kier molecular flexibility index (Phi) is 3.74. The third-order valence-corrected chi connectivity index (χ3v) is 3.31. The van der Waals surface area contributed by atoms with Crippen molar-refractivity contribution in [3.63, 3.8) is 0 Å². The van der Waals surface area contributed by atoms with Gasteiger partial charge in [0.2, 0.25) is 0 Å². The molecule has 1 N–H and O–H groups in total. The molecule has 1 saturated heterocycles. The molecule has 1 amide bonds. The number of carbonyl (C=O) groups is 1. The highest BCUT2D eigenvalue weighted by atomic mass is 19.3. The Morgan fingerprint density at radius 3 is 2.62 bits per heavy atom. The second-order valence-corrected chi connectivity index (χ2v) is 4.73. The molecule has 1 heterocycles. The van der Waals surface area contributed by atoms with Crippen LogP contribution in [0.1, 0.15) is 25.7 Å². The number of hydrogen-bond acceptors (Lipinski definition) is 2. The average Bonchev–Trinajstić information content (AvgIpc) is 3.10. The van der Waals surface area contributed by atoms with Crippen LogP contribution >= 0.6 is 0 Å². The van der Waals surface area contributed by atoms with E-state index < -0.39 is 12.3 Å². The highest BCUT2D eigenvalue weighted by Gasteiger charge is 2.37. The van der Waals surface area contributed by atoms with Gasteiger partial charge >= 0.3 is 6.43 Å². The standard InChI is InChI=1S/C11H18F2N2O/c12-10(13)11(16)15(9-3-4-9)7-8-2-1-5-14-6-8/h8-10,14H,1-7H2. The summed E-state index contributed by atoms with van der Waals surface area (Å²) in [5.74, 6) is -0.634. The maximum Gasteiger partial charge on any atom is 0.315 e. The Labute approximate surface area is 94.2 Å². The summed E-state index contributed by atoms with van der Waals surface area (Å²) in [5.41, 5.74) is 0. The predicted octanol–water partition coefficient (Wildman–Crippen LogP) is 1.24. The van der Waals surface area contributed by atoms with Crippen molar-refractivity contribution in [2.45, 2.75) is 38.2 Å². The van der Waals surface area contributed by atoms with Gasteiger partial charge in [0.15, 0.2) is 0 Å². The Morgan fingerprint density at radius 1 is 1.38 bits per heavy atom. The topological polar surface area (TPSA) is 32.3 Å². The van der Waals surface area contributed by atoms with Crippen LogP contribution in [0.5, 0.6) is 0 Å². The lowest BCUT2D eigenvalue weighted by molar-refractivity contribution is -0.144. The maximum absolute atomic E-state index is 12.4. The number of nitrogens with one attached hydrogen (secondary N) is 1. The molecule has 0 aromatic heterocycles. The number of halogens is 2. The summed E-state index contributed by atoms with van der Waals surface area (Å²) in [7, 11) is 0. The Morgan fingerprint density at radius 2 is 2.12 bits per heavy atom. The van der Waals surface area contributed by atoms with Crippen LogP contribution in [-0.4, -0.2) is 42.9 Å². The number of nitrogens with zero attached hydrogens (tertiary/aromatic N) is 1. The first-order valence-electron chi connectivity index (χ1n) is 5.98. The van der Waals surface area contributed by atoms with Gasteiger partial charge in [-0.15, -0.1) is 0 Å². The molecule has 3 nitrogen and oxygen atoms in total. The quantitative estimate of drug-likeness (QED) is 0.791. The largest absolute Gasteiger partial charge is 0.334 e. The molecule has 2 rings (SSSR count). The number of rotatable bonds is 4. The van der Waals surface area contributed by atoms with Gasteiger partial charge in [0.25, 0.3) is 5.91 Å². The zero-order chi connectivity index (χ0) is 11.5. The van der Waals surface area contributed by atoms with E-state index >= 15 is 0 Å². The molecule has 0 bridgehead atoms. The van der Waals surface area contributed by atoms with Crippen molar-refractivity contribution in [3.8, 4) is 0 Å². The molecule has 1 saturated carbocycles. The van der Waals surface area contributed by atoms with Gasteiger partial charge in [-0.1, -0.05) is 0 Å². The molecule has 0 aromatic rings. The summed E-state index contributed by atoms with van der Waals surface area (Å²) in [6.07, 6.45) is 1.04. The average molecular weight is 232 g/mol. The first-order valence-corrected chi connectivity index (χ1v) is 5.98. The van der Waals surface area contributed by atoms with Gasteiger partial charge < -0.3 is 10.2 Å². The van der Waals surface area contributed by atoms with E-state index in [-0.39, 0.29) is 6.04 Å². The Bertz CT molecular complexity index is 250. The van der Waals surface area contributed by atoms with Crippen LogP contribution in [0.15, 0.2) is 0 Å². The fourth-order valence-electron chi connectivity index (χ4n) is 2.29. The van der Waals surface area contributed by atoms with E-state index in [1.54, 1.807) is 0 Å². The van der Waals surface area contributed by atoms with Crippen LogP contribution in [0.25, 0.3) is 0 Å². The maximum atomic E-state index is 12.4. The van der Waals surface area contributed by atoms with Crippen molar-refractivity contribution in [3.05, 3.63) is 0 Å². The Balaban J connectivity index is 1.89. The fourth-order valence-corrected chi connectivity index (χ4v) is 2.29. The molecule has 1 atom stereocenters. The van der Waals surface area contributed by atoms with Crippen LogP contribution in [0.4, 0.5) is 8.78 Å². The minimum atomic E-state index is -2.85. The van der Waals surface area contributed by atoms with Crippen molar-refractivity contribution in [1.29, 1.82) is 0 Å². The van der Waals surface area contributed by atoms with Crippen LogP contribution in [0.3, 0.4) is 0 Å². The lowest BCUT2D eigenvalue weighted by Gasteiger charge is -2.30. The molecule has 1 aliphatic heterocycles. The van der Waals surface area contributed by atoms with Crippen LogP contribution < -0.4 is 5.32 Å². The SMILES string of the molecule is O=C(C(F)F)N(CC1CCCNC1)C1CC1. The van der Waals surface area contributed by atoms with Gasteiger partial charge in [-0.2, -0.15) is 8.78 Å². The second-order valence-electron chi connectivity index (χ2n) is 4.73. The summed E-state index contributed by atoms with van der Waals surface area (Å²) in [4.78, 5) is 12.8. The zero-order valence-corrected chi connectivity index (χ0v) is 9.29. The minimum absolute atomic E-state index is 0.0865. The van der Waals surface area contributed by atoms with E-state index in [9.17, 15) is 13.6 Å². The molecule has 92 valence electrons. The van der Waals surface area contributed by atoms with Gasteiger partial charge in [-0.25, -0.2) is 0 Å². The van der Waals surface area contributed by atoms with Crippen LogP contribution in [0.2, 0.25) is 0 Å². The summed E-state index contributed by atoms with van der Waals surface area (Å²) >= 11 is 0. The van der Waals surface area contributed by atoms with E-state index in [0.717, 1.165) is 38.8 Å². The van der Waals surface area contributed by atoms with Crippen molar-refractivity contribution in [2.75, 3.05) is 19.6 Å². The van der Waals surface area contributed by atoms with Crippen LogP contribution in [-0.2, 0) is 4.79 Å². The van der Waals surface area contributed by atoms with Gasteiger partial charge in [0.1, 0.15) is 0 Å². The first kappa shape index (κ1) is 11.8. The van der Waals surface area contributed by atoms with Crippen molar-refractivity contribution >= 4 is 5.91 Å². The van der Waals surface area contributed by atoms with Gasteiger partial charge in [0, 0.05) is 12.6 Å². The highest BCUT2D eigenvalue weighted by molar-refractivity contribution is 5.80. The minimum Gasteiger partial charge on any atom is -0.334 e. The number of hydrogen-bond donors (Lipinski definition) is 1. The molecule has 1 aliphatic carbocycles. The monoisotopic (exact) mass is 232 g/mol. The molecule has 5 heteroatoms. The molecule has 0 radical (unpaired) electrons.